The predicted molar refractivity (Wildman–Crippen MR) is 69.3 cm³/mol. The maximum Gasteiger partial charge on any atom is 0.514 e. The van der Waals surface area contributed by atoms with Crippen LogP contribution in [0.4, 0.5) is 5.95 Å². The lowest BCUT2D eigenvalue weighted by atomic mass is 10.3. The van der Waals surface area contributed by atoms with E-state index in [0.717, 1.165) is 4.80 Å². The molecule has 2 aromatic heterocycles. The van der Waals surface area contributed by atoms with E-state index in [2.05, 4.69) is 30.9 Å². The first-order valence-corrected chi connectivity index (χ1v) is 5.72. The Balaban J connectivity index is 1.95. The van der Waals surface area contributed by atoms with Gasteiger partial charge in [-0.15, -0.1) is 0 Å². The van der Waals surface area contributed by atoms with E-state index in [1.165, 1.54) is 6.20 Å². The van der Waals surface area contributed by atoms with Crippen molar-refractivity contribution in [3.63, 3.8) is 0 Å². The zero-order valence-electron chi connectivity index (χ0n) is 10.9. The van der Waals surface area contributed by atoms with Crippen LogP contribution in [0.5, 0.6) is 0 Å². The molecular formula is C10H10N8O3. The summed E-state index contributed by atoms with van der Waals surface area (Å²) in [6, 6.07) is 3.22. The molecule has 0 unspecified atom stereocenters. The standard InChI is InChI=1S/C10H10N8O3/c1-7(6-17-15-10(14-16-17)18(20)21)12-13-9(19)8-3-2-4-11-5-8/h2-5H,6H2,1H3,(H,13,19). The third-order valence-corrected chi connectivity index (χ3v) is 2.25. The molecule has 0 saturated carbocycles. The van der Waals surface area contributed by atoms with Gasteiger partial charge in [-0.1, -0.05) is 4.80 Å². The highest BCUT2D eigenvalue weighted by atomic mass is 16.6. The third kappa shape index (κ3) is 3.86. The number of tetrazole rings is 1. The van der Waals surface area contributed by atoms with Crippen LogP contribution in [0.2, 0.25) is 0 Å². The Morgan fingerprint density at radius 1 is 1.57 bits per heavy atom. The van der Waals surface area contributed by atoms with Crippen LogP contribution in [0, 0.1) is 10.1 Å². The second-order valence-corrected chi connectivity index (χ2v) is 3.91. The Kier molecular flexibility index (Phi) is 4.23. The molecular weight excluding hydrogens is 280 g/mol. The number of hydrogen-bond donors (Lipinski definition) is 1. The molecule has 1 N–H and O–H groups in total. The van der Waals surface area contributed by atoms with Gasteiger partial charge in [-0.3, -0.25) is 9.78 Å². The molecule has 0 aliphatic rings. The van der Waals surface area contributed by atoms with Crippen LogP contribution in [0.1, 0.15) is 17.3 Å². The number of rotatable bonds is 5. The molecule has 0 aromatic carbocycles. The number of nitrogens with one attached hydrogen (secondary N) is 1. The highest BCUT2D eigenvalue weighted by molar-refractivity contribution is 5.94. The summed E-state index contributed by atoms with van der Waals surface area (Å²) in [6.07, 6.45) is 2.96. The summed E-state index contributed by atoms with van der Waals surface area (Å²) in [6.45, 7) is 1.67. The molecule has 108 valence electrons. The van der Waals surface area contributed by atoms with Crippen molar-refractivity contribution in [2.75, 3.05) is 0 Å². The molecule has 1 amide bonds. The van der Waals surface area contributed by atoms with Crippen molar-refractivity contribution in [2.45, 2.75) is 13.5 Å². The van der Waals surface area contributed by atoms with Gasteiger partial charge in [0.15, 0.2) is 0 Å². The second kappa shape index (κ2) is 6.27. The highest BCUT2D eigenvalue weighted by Crippen LogP contribution is 1.97. The molecule has 0 fully saturated rings. The molecule has 11 nitrogen and oxygen atoms in total. The van der Waals surface area contributed by atoms with E-state index in [1.807, 2.05) is 0 Å². The Morgan fingerprint density at radius 3 is 3.00 bits per heavy atom. The quantitative estimate of drug-likeness (QED) is 0.455. The van der Waals surface area contributed by atoms with Crippen molar-refractivity contribution in [1.82, 2.24) is 30.6 Å². The van der Waals surface area contributed by atoms with Gasteiger partial charge in [-0.2, -0.15) is 5.10 Å². The number of aromatic nitrogens is 5. The lowest BCUT2D eigenvalue weighted by molar-refractivity contribution is -0.394. The van der Waals surface area contributed by atoms with Gasteiger partial charge < -0.3 is 10.1 Å². The van der Waals surface area contributed by atoms with Crippen LogP contribution >= 0.6 is 0 Å². The van der Waals surface area contributed by atoms with Gasteiger partial charge in [0.25, 0.3) is 5.91 Å². The summed E-state index contributed by atoms with van der Waals surface area (Å²) in [4.78, 5) is 26.2. The molecule has 2 aromatic rings. The lowest BCUT2D eigenvalue weighted by Gasteiger charge is -2.00. The van der Waals surface area contributed by atoms with E-state index in [0.29, 0.717) is 11.3 Å². The molecule has 0 aliphatic heterocycles. The molecule has 0 bridgehead atoms. The zero-order chi connectivity index (χ0) is 15.2. The molecule has 0 spiro atoms. The fraction of sp³-hybridized carbons (Fsp3) is 0.200. The van der Waals surface area contributed by atoms with Crippen molar-refractivity contribution >= 4 is 17.6 Å². The fourth-order valence-electron chi connectivity index (χ4n) is 1.32. The molecule has 0 saturated heterocycles. The molecule has 11 heteroatoms. The van der Waals surface area contributed by atoms with E-state index in [9.17, 15) is 14.9 Å². The predicted octanol–water partition coefficient (Wildman–Crippen LogP) is -0.218. The smallest absolute Gasteiger partial charge is 0.390 e. The van der Waals surface area contributed by atoms with Gasteiger partial charge in [0.05, 0.1) is 21.5 Å². The first kappa shape index (κ1) is 14.2. The largest absolute Gasteiger partial charge is 0.514 e. The Bertz CT molecular complexity index is 681. The average molecular weight is 290 g/mol. The first-order valence-electron chi connectivity index (χ1n) is 5.72. The molecule has 2 rings (SSSR count). The number of nitro groups is 1. The van der Waals surface area contributed by atoms with Gasteiger partial charge >= 0.3 is 5.95 Å². The number of carbonyl (C=O) groups is 1. The first-order chi connectivity index (χ1) is 10.1. The summed E-state index contributed by atoms with van der Waals surface area (Å²) in [5.74, 6) is -1.01. The van der Waals surface area contributed by atoms with E-state index in [-0.39, 0.29) is 6.54 Å². The molecule has 21 heavy (non-hydrogen) atoms. The Morgan fingerprint density at radius 2 is 2.38 bits per heavy atom. The number of carbonyl (C=O) groups excluding carboxylic acids is 1. The van der Waals surface area contributed by atoms with E-state index in [4.69, 9.17) is 0 Å². The third-order valence-electron chi connectivity index (χ3n) is 2.25. The molecule has 0 radical (unpaired) electrons. The molecule has 0 atom stereocenters. The van der Waals surface area contributed by atoms with Gasteiger partial charge in [0.1, 0.15) is 6.54 Å². The van der Waals surface area contributed by atoms with Crippen LogP contribution in [0.3, 0.4) is 0 Å². The maximum atomic E-state index is 11.7. The number of nitrogens with zero attached hydrogens (tertiary/aromatic N) is 7. The minimum Gasteiger partial charge on any atom is -0.390 e. The highest BCUT2D eigenvalue weighted by Gasteiger charge is 2.15. The van der Waals surface area contributed by atoms with Gasteiger partial charge in [0.2, 0.25) is 0 Å². The maximum absolute atomic E-state index is 11.7. The van der Waals surface area contributed by atoms with Crippen LogP contribution in [0.15, 0.2) is 29.6 Å². The lowest BCUT2D eigenvalue weighted by Crippen LogP contribution is -2.21. The summed E-state index contributed by atoms with van der Waals surface area (Å²) in [7, 11) is 0. The van der Waals surface area contributed by atoms with Crippen LogP contribution in [-0.4, -0.2) is 41.7 Å². The summed E-state index contributed by atoms with van der Waals surface area (Å²) in [5.41, 5.74) is 3.14. The van der Waals surface area contributed by atoms with Gasteiger partial charge in [0, 0.05) is 17.6 Å². The van der Waals surface area contributed by atoms with E-state index >= 15 is 0 Å². The van der Waals surface area contributed by atoms with Crippen molar-refractivity contribution < 1.29 is 9.72 Å². The van der Waals surface area contributed by atoms with Crippen molar-refractivity contribution in [1.29, 1.82) is 0 Å². The van der Waals surface area contributed by atoms with Gasteiger partial charge in [-0.25, -0.2) is 5.43 Å². The van der Waals surface area contributed by atoms with Crippen molar-refractivity contribution in [2.24, 2.45) is 5.10 Å². The molecule has 2 heterocycles. The number of hydrogen-bond acceptors (Lipinski definition) is 8. The molecule has 0 aliphatic carbocycles. The number of pyridine rings is 1. The van der Waals surface area contributed by atoms with Crippen LogP contribution in [-0.2, 0) is 6.54 Å². The van der Waals surface area contributed by atoms with Gasteiger partial charge in [-0.05, 0) is 24.0 Å². The monoisotopic (exact) mass is 290 g/mol. The van der Waals surface area contributed by atoms with Crippen LogP contribution < -0.4 is 5.43 Å². The Hall–Kier alpha value is -3.24. The van der Waals surface area contributed by atoms with Crippen LogP contribution in [0.25, 0.3) is 0 Å². The number of amides is 1. The fourth-order valence-corrected chi connectivity index (χ4v) is 1.32. The SMILES string of the molecule is CC(Cn1nnc([N+](=O)[O-])n1)=NNC(=O)c1cccnc1. The Labute approximate surface area is 117 Å². The minimum atomic E-state index is -0.750. The minimum absolute atomic E-state index is 0.0637. The average Bonchev–Trinajstić information content (AvgIpc) is 2.94. The summed E-state index contributed by atoms with van der Waals surface area (Å²) >= 11 is 0. The summed E-state index contributed by atoms with van der Waals surface area (Å²) in [5, 5.41) is 24.5. The van der Waals surface area contributed by atoms with E-state index in [1.54, 1.807) is 25.3 Å². The summed E-state index contributed by atoms with van der Waals surface area (Å²) < 4.78 is 0. The van der Waals surface area contributed by atoms with Crippen molar-refractivity contribution in [3.05, 3.63) is 40.2 Å². The number of hydrazone groups is 1. The topological polar surface area (TPSA) is 141 Å². The van der Waals surface area contributed by atoms with Crippen molar-refractivity contribution in [3.8, 4) is 0 Å². The van der Waals surface area contributed by atoms with E-state index < -0.39 is 16.8 Å². The zero-order valence-corrected chi connectivity index (χ0v) is 10.9. The second-order valence-electron chi connectivity index (χ2n) is 3.91. The normalized spacial score (nSPS) is 11.2.